The molecule has 9 nitrogen and oxygen atoms in total. The summed E-state index contributed by atoms with van der Waals surface area (Å²) in [6.07, 6.45) is -1.68. The first kappa shape index (κ1) is 12.6. The molecule has 0 aromatic rings. The first-order valence-electron chi connectivity index (χ1n) is 2.61. The SMILES string of the molecule is NC(=O)OC(P(=O)(O)O)P(=O)(O)O. The Morgan fingerprint density at radius 3 is 1.54 bits per heavy atom. The molecule has 0 atom stereocenters. The van der Waals surface area contributed by atoms with E-state index < -0.39 is 26.9 Å². The van der Waals surface area contributed by atoms with Crippen LogP contribution in [0.15, 0.2) is 0 Å². The largest absolute Gasteiger partial charge is 0.420 e. The number of rotatable bonds is 3. The summed E-state index contributed by atoms with van der Waals surface area (Å²) in [7, 11) is -10.5. The van der Waals surface area contributed by atoms with Gasteiger partial charge >= 0.3 is 26.9 Å². The molecule has 78 valence electrons. The highest BCUT2D eigenvalue weighted by atomic mass is 31.2. The van der Waals surface area contributed by atoms with Gasteiger partial charge in [0.2, 0.25) is 0 Å². The smallest absolute Gasteiger partial charge is 0.406 e. The highest BCUT2D eigenvalue weighted by Crippen LogP contribution is 2.60. The average molecular weight is 235 g/mol. The molecular formula is C2H7NO8P2. The summed E-state index contributed by atoms with van der Waals surface area (Å²) in [5, 5.41) is 0. The molecule has 0 saturated carbocycles. The van der Waals surface area contributed by atoms with Crippen molar-refractivity contribution in [1.82, 2.24) is 0 Å². The Kier molecular flexibility index (Phi) is 3.62. The third-order valence-electron chi connectivity index (χ3n) is 0.797. The van der Waals surface area contributed by atoms with Crippen LogP contribution in [0.3, 0.4) is 0 Å². The van der Waals surface area contributed by atoms with Gasteiger partial charge in [-0.25, -0.2) is 4.79 Å². The predicted octanol–water partition coefficient (Wildman–Crippen LogP) is -1.28. The Labute approximate surface area is 71.8 Å². The molecule has 0 rings (SSSR count). The topological polar surface area (TPSA) is 167 Å². The van der Waals surface area contributed by atoms with Crippen molar-refractivity contribution in [2.24, 2.45) is 5.73 Å². The van der Waals surface area contributed by atoms with Gasteiger partial charge in [0, 0.05) is 0 Å². The van der Waals surface area contributed by atoms with Crippen molar-refractivity contribution >= 4 is 21.3 Å². The molecule has 0 fully saturated rings. The van der Waals surface area contributed by atoms with Crippen molar-refractivity contribution in [3.8, 4) is 0 Å². The molecule has 0 aromatic carbocycles. The molecule has 0 aromatic heterocycles. The summed E-state index contributed by atoms with van der Waals surface area (Å²) in [6, 6.07) is 0. The number of hydrogen-bond acceptors (Lipinski definition) is 4. The number of carbonyl (C=O) groups is 1. The number of ether oxygens (including phenoxy) is 1. The summed E-state index contributed by atoms with van der Waals surface area (Å²) in [4.78, 5) is 43.4. The van der Waals surface area contributed by atoms with Crippen molar-refractivity contribution in [2.75, 3.05) is 0 Å². The van der Waals surface area contributed by atoms with E-state index >= 15 is 0 Å². The first-order chi connectivity index (χ1) is 5.55. The quantitative estimate of drug-likeness (QED) is 0.377. The summed E-state index contributed by atoms with van der Waals surface area (Å²) in [6.45, 7) is 0. The van der Waals surface area contributed by atoms with Crippen molar-refractivity contribution < 1.29 is 38.2 Å². The molecule has 0 bridgehead atoms. The fraction of sp³-hybridized carbons (Fsp3) is 0.500. The zero-order valence-corrected chi connectivity index (χ0v) is 7.76. The van der Waals surface area contributed by atoms with E-state index in [9.17, 15) is 13.9 Å². The lowest BCUT2D eigenvalue weighted by molar-refractivity contribution is 0.141. The molecule has 1 amide bonds. The highest BCUT2D eigenvalue weighted by molar-refractivity contribution is 7.70. The maximum absolute atomic E-state index is 10.4. The van der Waals surface area contributed by atoms with E-state index in [1.54, 1.807) is 0 Å². The summed E-state index contributed by atoms with van der Waals surface area (Å²) >= 11 is 0. The van der Waals surface area contributed by atoms with E-state index in [0.29, 0.717) is 0 Å². The van der Waals surface area contributed by atoms with E-state index in [-0.39, 0.29) is 0 Å². The normalized spacial score (nSPS) is 13.0. The van der Waals surface area contributed by atoms with Gasteiger partial charge in [0.15, 0.2) is 0 Å². The Morgan fingerprint density at radius 1 is 1.15 bits per heavy atom. The van der Waals surface area contributed by atoms with Gasteiger partial charge in [-0.3, -0.25) is 9.13 Å². The van der Waals surface area contributed by atoms with Crippen LogP contribution in [-0.2, 0) is 13.9 Å². The molecule has 0 spiro atoms. The van der Waals surface area contributed by atoms with E-state index in [2.05, 4.69) is 10.5 Å². The lowest BCUT2D eigenvalue weighted by Crippen LogP contribution is -2.22. The van der Waals surface area contributed by atoms with Crippen molar-refractivity contribution in [3.05, 3.63) is 0 Å². The first-order valence-corrected chi connectivity index (χ1v) is 5.98. The van der Waals surface area contributed by atoms with Gasteiger partial charge in [-0.1, -0.05) is 0 Å². The molecule has 0 aliphatic carbocycles. The fourth-order valence-corrected chi connectivity index (χ4v) is 2.49. The Hall–Kier alpha value is -0.430. The molecule has 11 heteroatoms. The maximum atomic E-state index is 10.4. The van der Waals surface area contributed by atoms with Gasteiger partial charge in [0.05, 0.1) is 0 Å². The van der Waals surface area contributed by atoms with Crippen LogP contribution >= 0.6 is 15.2 Å². The van der Waals surface area contributed by atoms with Gasteiger partial charge in [-0.2, -0.15) is 0 Å². The van der Waals surface area contributed by atoms with Crippen LogP contribution in [0.1, 0.15) is 0 Å². The molecular weight excluding hydrogens is 228 g/mol. The van der Waals surface area contributed by atoms with Gasteiger partial charge < -0.3 is 30.0 Å². The van der Waals surface area contributed by atoms with Crippen LogP contribution in [0.25, 0.3) is 0 Å². The van der Waals surface area contributed by atoms with Gasteiger partial charge in [0.1, 0.15) is 0 Å². The fourth-order valence-electron chi connectivity index (χ4n) is 0.437. The zero-order chi connectivity index (χ0) is 10.9. The van der Waals surface area contributed by atoms with Crippen LogP contribution < -0.4 is 5.73 Å². The van der Waals surface area contributed by atoms with Crippen molar-refractivity contribution in [1.29, 1.82) is 0 Å². The third kappa shape index (κ3) is 4.37. The van der Waals surface area contributed by atoms with Crippen molar-refractivity contribution in [2.45, 2.75) is 5.59 Å². The minimum Gasteiger partial charge on any atom is -0.420 e. The van der Waals surface area contributed by atoms with Crippen LogP contribution in [0, 0.1) is 0 Å². The lowest BCUT2D eigenvalue weighted by Gasteiger charge is -2.18. The highest BCUT2D eigenvalue weighted by Gasteiger charge is 2.46. The third-order valence-corrected chi connectivity index (χ3v) is 3.96. The number of primary amides is 1. The van der Waals surface area contributed by atoms with E-state index in [4.69, 9.17) is 19.6 Å². The van der Waals surface area contributed by atoms with Gasteiger partial charge in [0.25, 0.3) is 0 Å². The van der Waals surface area contributed by atoms with Gasteiger partial charge in [-0.05, 0) is 0 Å². The van der Waals surface area contributed by atoms with Crippen LogP contribution in [0.5, 0.6) is 0 Å². The molecule has 0 unspecified atom stereocenters. The second-order valence-corrected chi connectivity index (χ2v) is 5.64. The van der Waals surface area contributed by atoms with Crippen molar-refractivity contribution in [3.63, 3.8) is 0 Å². The Balaban J connectivity index is 4.90. The van der Waals surface area contributed by atoms with Crippen LogP contribution in [0.2, 0.25) is 0 Å². The Morgan fingerprint density at radius 2 is 1.46 bits per heavy atom. The van der Waals surface area contributed by atoms with E-state index in [1.807, 2.05) is 0 Å². The molecule has 6 N–H and O–H groups in total. The summed E-state index contributed by atoms with van der Waals surface area (Å²) < 4.78 is 24.4. The van der Waals surface area contributed by atoms with E-state index in [1.165, 1.54) is 0 Å². The number of hydrogen-bond donors (Lipinski definition) is 5. The number of nitrogens with two attached hydrogens (primary N) is 1. The van der Waals surface area contributed by atoms with Gasteiger partial charge in [-0.15, -0.1) is 0 Å². The minimum absolute atomic E-state index is 1.68. The van der Waals surface area contributed by atoms with E-state index in [0.717, 1.165) is 0 Å². The molecule has 13 heavy (non-hydrogen) atoms. The predicted molar refractivity (Wildman–Crippen MR) is 38.5 cm³/mol. The molecule has 0 saturated heterocycles. The minimum atomic E-state index is -5.24. The van der Waals surface area contributed by atoms with Crippen LogP contribution in [0.4, 0.5) is 4.79 Å². The second kappa shape index (κ2) is 3.75. The van der Waals surface area contributed by atoms with Crippen LogP contribution in [-0.4, -0.2) is 31.3 Å². The monoisotopic (exact) mass is 235 g/mol. The molecule has 0 aliphatic heterocycles. The average Bonchev–Trinajstić information content (AvgIpc) is 1.77. The second-order valence-electron chi connectivity index (χ2n) is 1.94. The summed E-state index contributed by atoms with van der Waals surface area (Å²) in [5.74, 6) is 0. The molecule has 0 aliphatic rings. The standard InChI is InChI=1S/C2H7NO8P2/c3-1(4)11-2(12(5,6)7)13(8,9)10/h2H,(H2,3,4)(H2,5,6,7)(H2,8,9,10). The summed E-state index contributed by atoms with van der Waals surface area (Å²) in [5.41, 5.74) is 1.50. The number of amides is 1. The zero-order valence-electron chi connectivity index (χ0n) is 5.97. The molecule has 0 heterocycles. The molecule has 0 radical (unpaired) electrons. The lowest BCUT2D eigenvalue weighted by atomic mass is 11.2. The number of carbonyl (C=O) groups excluding carboxylic acids is 1. The Bertz CT molecular complexity index is 265. The maximum Gasteiger partial charge on any atom is 0.406 e.